The number of benzene rings is 1. The lowest BCUT2D eigenvalue weighted by atomic mass is 9.97. The lowest BCUT2D eigenvalue weighted by Crippen LogP contribution is -2.48. The van der Waals surface area contributed by atoms with Crippen molar-refractivity contribution in [2.24, 2.45) is 5.92 Å². The molecule has 0 bridgehead atoms. The number of rotatable bonds is 5. The number of hydrogen-bond donors (Lipinski definition) is 2. The van der Waals surface area contributed by atoms with Crippen molar-refractivity contribution in [2.45, 2.75) is 32.3 Å². The topological polar surface area (TPSA) is 69.6 Å². The van der Waals surface area contributed by atoms with Gasteiger partial charge in [0.1, 0.15) is 5.60 Å². The van der Waals surface area contributed by atoms with Gasteiger partial charge < -0.3 is 5.11 Å². The third-order valence-corrected chi connectivity index (χ3v) is 5.47. The van der Waals surface area contributed by atoms with Gasteiger partial charge in [0.25, 0.3) is 10.2 Å². The summed E-state index contributed by atoms with van der Waals surface area (Å²) in [6.07, 6.45) is 1.95. The molecule has 1 aromatic carbocycles. The van der Waals surface area contributed by atoms with Crippen molar-refractivity contribution >= 4 is 10.2 Å². The van der Waals surface area contributed by atoms with Gasteiger partial charge >= 0.3 is 0 Å². The maximum absolute atomic E-state index is 12.3. The highest BCUT2D eigenvalue weighted by Crippen LogP contribution is 2.21. The van der Waals surface area contributed by atoms with E-state index in [1.165, 1.54) is 4.31 Å². The Labute approximate surface area is 127 Å². The Balaban J connectivity index is 2.01. The molecule has 2 atom stereocenters. The highest BCUT2D eigenvalue weighted by Gasteiger charge is 2.30. The predicted octanol–water partition coefficient (Wildman–Crippen LogP) is 1.46. The maximum atomic E-state index is 12.3. The smallest absolute Gasteiger partial charge is 0.279 e. The lowest BCUT2D eigenvalue weighted by molar-refractivity contribution is 0.0621. The van der Waals surface area contributed by atoms with Gasteiger partial charge in [-0.3, -0.25) is 0 Å². The van der Waals surface area contributed by atoms with Crippen LogP contribution in [0.25, 0.3) is 0 Å². The predicted molar refractivity (Wildman–Crippen MR) is 82.9 cm³/mol. The third kappa shape index (κ3) is 4.26. The van der Waals surface area contributed by atoms with Crippen molar-refractivity contribution in [2.75, 3.05) is 19.6 Å². The van der Waals surface area contributed by atoms with E-state index in [1.807, 2.05) is 18.2 Å². The third-order valence-electron chi connectivity index (χ3n) is 3.95. The molecule has 1 aliphatic rings. The molecule has 1 aromatic rings. The van der Waals surface area contributed by atoms with Gasteiger partial charge in [0.05, 0.1) is 0 Å². The molecule has 0 saturated carbocycles. The van der Waals surface area contributed by atoms with Crippen LogP contribution in [0.5, 0.6) is 0 Å². The minimum atomic E-state index is -3.53. The van der Waals surface area contributed by atoms with Crippen LogP contribution in [0.4, 0.5) is 0 Å². The van der Waals surface area contributed by atoms with E-state index < -0.39 is 15.8 Å². The Hall–Kier alpha value is -0.950. The van der Waals surface area contributed by atoms with Crippen LogP contribution < -0.4 is 4.72 Å². The molecule has 0 aliphatic carbocycles. The molecule has 0 aromatic heterocycles. The second kappa shape index (κ2) is 6.44. The van der Waals surface area contributed by atoms with E-state index in [9.17, 15) is 13.5 Å². The van der Waals surface area contributed by atoms with Crippen LogP contribution >= 0.6 is 0 Å². The summed E-state index contributed by atoms with van der Waals surface area (Å²) in [6, 6.07) is 9.09. The average molecular weight is 312 g/mol. The molecule has 1 heterocycles. The van der Waals surface area contributed by atoms with Crippen molar-refractivity contribution in [1.82, 2.24) is 9.03 Å². The summed E-state index contributed by atoms with van der Waals surface area (Å²) in [5.74, 6) is 0.380. The van der Waals surface area contributed by atoms with Crippen molar-refractivity contribution in [3.05, 3.63) is 35.9 Å². The van der Waals surface area contributed by atoms with Crippen molar-refractivity contribution in [3.63, 3.8) is 0 Å². The van der Waals surface area contributed by atoms with Crippen LogP contribution in [0.2, 0.25) is 0 Å². The first-order valence-corrected chi connectivity index (χ1v) is 8.78. The first kappa shape index (κ1) is 16.4. The van der Waals surface area contributed by atoms with Gasteiger partial charge in [-0.2, -0.15) is 17.4 Å². The monoisotopic (exact) mass is 312 g/mol. The van der Waals surface area contributed by atoms with Crippen LogP contribution in [-0.2, 0) is 15.8 Å². The summed E-state index contributed by atoms with van der Waals surface area (Å²) in [6.45, 7) is 4.73. The fraction of sp³-hybridized carbons (Fsp3) is 0.600. The standard InChI is InChI=1S/C15H24N2O3S/c1-13-7-6-10-17(11-13)21(19,20)16-12-15(2,18)14-8-4-3-5-9-14/h3-5,8-9,13,16,18H,6-7,10-12H2,1-2H3/t13-,15+/m1/s1. The molecule has 21 heavy (non-hydrogen) atoms. The van der Waals surface area contributed by atoms with Gasteiger partial charge in [0, 0.05) is 19.6 Å². The summed E-state index contributed by atoms with van der Waals surface area (Å²) in [5, 5.41) is 10.5. The van der Waals surface area contributed by atoms with Crippen LogP contribution in [0, 0.1) is 5.92 Å². The first-order chi connectivity index (χ1) is 9.81. The van der Waals surface area contributed by atoms with Crippen LogP contribution in [0.3, 0.4) is 0 Å². The lowest BCUT2D eigenvalue weighted by Gasteiger charge is -2.31. The molecule has 0 amide bonds. The second-order valence-electron chi connectivity index (χ2n) is 6.07. The van der Waals surface area contributed by atoms with E-state index in [1.54, 1.807) is 19.1 Å². The summed E-state index contributed by atoms with van der Waals surface area (Å²) < 4.78 is 28.6. The Morgan fingerprint density at radius 3 is 2.67 bits per heavy atom. The molecule has 6 heteroatoms. The van der Waals surface area contributed by atoms with Gasteiger partial charge in [-0.1, -0.05) is 37.3 Å². The van der Waals surface area contributed by atoms with Crippen molar-refractivity contribution in [3.8, 4) is 0 Å². The minimum absolute atomic E-state index is 0.0375. The molecule has 1 saturated heterocycles. The Kier molecular flexibility index (Phi) is 5.03. The van der Waals surface area contributed by atoms with Gasteiger partial charge in [-0.05, 0) is 31.2 Å². The molecule has 1 aliphatic heterocycles. The molecule has 2 N–H and O–H groups in total. The summed E-state index contributed by atoms with van der Waals surface area (Å²) in [4.78, 5) is 0. The van der Waals surface area contributed by atoms with Gasteiger partial charge in [0.2, 0.25) is 0 Å². The molecule has 0 unspecified atom stereocenters. The Morgan fingerprint density at radius 2 is 2.05 bits per heavy atom. The van der Waals surface area contributed by atoms with Crippen LogP contribution in [0.1, 0.15) is 32.3 Å². The molecule has 2 rings (SSSR count). The van der Waals surface area contributed by atoms with E-state index in [0.29, 0.717) is 24.6 Å². The average Bonchev–Trinajstić information content (AvgIpc) is 2.46. The van der Waals surface area contributed by atoms with Crippen LogP contribution in [0.15, 0.2) is 30.3 Å². The van der Waals surface area contributed by atoms with E-state index in [0.717, 1.165) is 12.8 Å². The van der Waals surface area contributed by atoms with Crippen molar-refractivity contribution in [1.29, 1.82) is 0 Å². The number of nitrogens with one attached hydrogen (secondary N) is 1. The zero-order valence-electron chi connectivity index (χ0n) is 12.6. The van der Waals surface area contributed by atoms with Gasteiger partial charge in [-0.25, -0.2) is 0 Å². The molecule has 118 valence electrons. The molecule has 5 nitrogen and oxygen atoms in total. The minimum Gasteiger partial charge on any atom is -0.384 e. The fourth-order valence-corrected chi connectivity index (χ4v) is 4.05. The first-order valence-electron chi connectivity index (χ1n) is 7.34. The number of nitrogens with zero attached hydrogens (tertiary/aromatic N) is 1. The van der Waals surface area contributed by atoms with E-state index in [4.69, 9.17) is 0 Å². The Morgan fingerprint density at radius 1 is 1.38 bits per heavy atom. The summed E-state index contributed by atoms with van der Waals surface area (Å²) >= 11 is 0. The number of aliphatic hydroxyl groups is 1. The molecular weight excluding hydrogens is 288 g/mol. The zero-order chi connectivity index (χ0) is 15.5. The Bertz CT molecular complexity index is 558. The van der Waals surface area contributed by atoms with Crippen molar-refractivity contribution < 1.29 is 13.5 Å². The van der Waals surface area contributed by atoms with Crippen LogP contribution in [-0.4, -0.2) is 37.5 Å². The quantitative estimate of drug-likeness (QED) is 0.865. The molecular formula is C15H24N2O3S. The van der Waals surface area contributed by atoms with Gasteiger partial charge in [0.15, 0.2) is 0 Å². The molecule has 1 fully saturated rings. The van der Waals surface area contributed by atoms with Gasteiger partial charge in [-0.15, -0.1) is 0 Å². The van der Waals surface area contributed by atoms with E-state index >= 15 is 0 Å². The zero-order valence-corrected chi connectivity index (χ0v) is 13.4. The highest BCUT2D eigenvalue weighted by atomic mass is 32.2. The fourth-order valence-electron chi connectivity index (χ4n) is 2.59. The summed E-state index contributed by atoms with van der Waals surface area (Å²) in [7, 11) is -3.53. The van der Waals surface area contributed by atoms with E-state index in [2.05, 4.69) is 11.6 Å². The molecule has 0 radical (unpaired) electrons. The maximum Gasteiger partial charge on any atom is 0.279 e. The van der Waals surface area contributed by atoms with E-state index in [-0.39, 0.29) is 6.54 Å². The molecule has 0 spiro atoms. The largest absolute Gasteiger partial charge is 0.384 e. The number of hydrogen-bond acceptors (Lipinski definition) is 3. The number of piperidine rings is 1. The normalized spacial score (nSPS) is 23.7. The summed E-state index contributed by atoms with van der Waals surface area (Å²) in [5.41, 5.74) is -0.532. The highest BCUT2D eigenvalue weighted by molar-refractivity contribution is 7.87. The second-order valence-corrected chi connectivity index (χ2v) is 7.83. The SMILES string of the molecule is C[C@@H]1CCCN(S(=O)(=O)NC[C@](C)(O)c2ccccc2)C1.